The first-order chi connectivity index (χ1) is 12.0. The smallest absolute Gasteiger partial charge is 0.271 e. The monoisotopic (exact) mass is 404 g/mol. The number of aromatic nitrogens is 3. The zero-order chi connectivity index (χ0) is 18.0. The SMILES string of the molecule is NC(=O)CNC(=O)c1[nH]ncc1NC(=O)c1c[nH]c2c(Br)cccc12. The van der Waals surface area contributed by atoms with Crippen LogP contribution in [0.2, 0.25) is 0 Å². The zero-order valence-electron chi connectivity index (χ0n) is 12.7. The standard InChI is InChI=1S/C15H13BrN6O3/c16-9-3-1-2-7-8(4-18-12(7)9)14(24)21-10-5-20-22-13(10)15(25)19-6-11(17)23/h1-5,18H,6H2,(H2,17,23)(H,19,25)(H,20,22)(H,21,24). The molecular weight excluding hydrogens is 392 g/mol. The maximum absolute atomic E-state index is 12.5. The number of aromatic amines is 2. The number of nitrogens with two attached hydrogens (primary N) is 1. The normalized spacial score (nSPS) is 10.6. The molecule has 128 valence electrons. The van der Waals surface area contributed by atoms with Crippen LogP contribution in [0.15, 0.2) is 35.1 Å². The van der Waals surface area contributed by atoms with E-state index in [1.807, 2.05) is 12.1 Å². The van der Waals surface area contributed by atoms with Crippen LogP contribution in [-0.2, 0) is 4.79 Å². The molecule has 10 heteroatoms. The number of primary amides is 1. The molecule has 0 saturated heterocycles. The molecule has 0 bridgehead atoms. The highest BCUT2D eigenvalue weighted by Gasteiger charge is 2.19. The van der Waals surface area contributed by atoms with Gasteiger partial charge in [-0.25, -0.2) is 0 Å². The fourth-order valence-corrected chi connectivity index (χ4v) is 2.79. The largest absolute Gasteiger partial charge is 0.368 e. The summed E-state index contributed by atoms with van der Waals surface area (Å²) in [5.74, 6) is -1.69. The Bertz CT molecular complexity index is 977. The van der Waals surface area contributed by atoms with Crippen molar-refractivity contribution in [2.75, 3.05) is 11.9 Å². The van der Waals surface area contributed by atoms with Crippen molar-refractivity contribution in [3.63, 3.8) is 0 Å². The van der Waals surface area contributed by atoms with E-state index in [-0.39, 0.29) is 17.9 Å². The number of benzene rings is 1. The number of carbonyl (C=O) groups is 3. The number of anilines is 1. The summed E-state index contributed by atoms with van der Waals surface area (Å²) in [6.45, 7) is -0.318. The van der Waals surface area contributed by atoms with Gasteiger partial charge in [0.1, 0.15) is 5.69 Å². The van der Waals surface area contributed by atoms with Gasteiger partial charge in [0.2, 0.25) is 5.91 Å². The third-order valence-electron chi connectivity index (χ3n) is 3.45. The lowest BCUT2D eigenvalue weighted by molar-refractivity contribution is -0.117. The number of rotatable bonds is 5. The lowest BCUT2D eigenvalue weighted by atomic mass is 10.1. The number of nitrogens with zero attached hydrogens (tertiary/aromatic N) is 1. The molecule has 0 aliphatic carbocycles. The molecule has 25 heavy (non-hydrogen) atoms. The third-order valence-corrected chi connectivity index (χ3v) is 4.11. The first kappa shape index (κ1) is 16.7. The second-order valence-electron chi connectivity index (χ2n) is 5.13. The predicted octanol–water partition coefficient (Wildman–Crippen LogP) is 1.12. The van der Waals surface area contributed by atoms with Crippen LogP contribution < -0.4 is 16.4 Å². The molecule has 0 fully saturated rings. The van der Waals surface area contributed by atoms with Crippen LogP contribution in [0.1, 0.15) is 20.8 Å². The second kappa shape index (κ2) is 6.77. The van der Waals surface area contributed by atoms with Crippen LogP contribution in [0, 0.1) is 0 Å². The van der Waals surface area contributed by atoms with E-state index in [1.165, 1.54) is 6.20 Å². The zero-order valence-corrected chi connectivity index (χ0v) is 14.3. The van der Waals surface area contributed by atoms with Gasteiger partial charge in [-0.2, -0.15) is 5.10 Å². The summed E-state index contributed by atoms with van der Waals surface area (Å²) in [6.07, 6.45) is 2.89. The van der Waals surface area contributed by atoms with Crippen LogP contribution in [0.3, 0.4) is 0 Å². The van der Waals surface area contributed by atoms with E-state index in [2.05, 4.69) is 41.7 Å². The minimum atomic E-state index is -0.678. The van der Waals surface area contributed by atoms with Gasteiger partial charge in [-0.05, 0) is 22.0 Å². The Kier molecular flexibility index (Phi) is 4.52. The molecule has 1 aromatic carbocycles. The van der Waals surface area contributed by atoms with Crippen molar-refractivity contribution in [3.05, 3.63) is 46.3 Å². The molecule has 0 radical (unpaired) electrons. The van der Waals surface area contributed by atoms with Crippen molar-refractivity contribution < 1.29 is 14.4 Å². The lowest BCUT2D eigenvalue weighted by Gasteiger charge is -2.06. The maximum Gasteiger partial charge on any atom is 0.271 e. The maximum atomic E-state index is 12.5. The van der Waals surface area contributed by atoms with E-state index in [9.17, 15) is 14.4 Å². The summed E-state index contributed by atoms with van der Waals surface area (Å²) in [4.78, 5) is 38.3. The summed E-state index contributed by atoms with van der Waals surface area (Å²) in [5, 5.41) is 11.9. The van der Waals surface area contributed by atoms with E-state index in [4.69, 9.17) is 5.73 Å². The average Bonchev–Trinajstić information content (AvgIpc) is 3.20. The Morgan fingerprint density at radius 2 is 2.04 bits per heavy atom. The summed E-state index contributed by atoms with van der Waals surface area (Å²) >= 11 is 3.41. The number of halogens is 1. The fraction of sp³-hybridized carbons (Fsp3) is 0.0667. The van der Waals surface area contributed by atoms with Gasteiger partial charge in [0.25, 0.3) is 11.8 Å². The molecule has 0 spiro atoms. The molecule has 3 aromatic rings. The molecule has 3 rings (SSSR count). The second-order valence-corrected chi connectivity index (χ2v) is 5.98. The molecule has 6 N–H and O–H groups in total. The molecule has 3 amide bonds. The number of amides is 3. The van der Waals surface area contributed by atoms with Crippen LogP contribution in [0.4, 0.5) is 5.69 Å². The van der Waals surface area contributed by atoms with Gasteiger partial charge in [-0.1, -0.05) is 12.1 Å². The summed E-state index contributed by atoms with van der Waals surface area (Å²) in [6, 6.07) is 5.48. The predicted molar refractivity (Wildman–Crippen MR) is 94.1 cm³/mol. The number of hydrogen-bond acceptors (Lipinski definition) is 4. The quantitative estimate of drug-likeness (QED) is 0.433. The van der Waals surface area contributed by atoms with E-state index < -0.39 is 17.7 Å². The van der Waals surface area contributed by atoms with Crippen LogP contribution in [0.5, 0.6) is 0 Å². The van der Waals surface area contributed by atoms with Crippen LogP contribution in [0.25, 0.3) is 10.9 Å². The molecule has 0 unspecified atom stereocenters. The van der Waals surface area contributed by atoms with Crippen molar-refractivity contribution in [1.29, 1.82) is 0 Å². The molecule has 0 atom stereocenters. The number of carbonyl (C=O) groups excluding carboxylic acids is 3. The molecule has 0 aliphatic heterocycles. The molecular formula is C15H13BrN6O3. The molecule has 2 heterocycles. The van der Waals surface area contributed by atoms with Gasteiger partial charge in [0, 0.05) is 16.1 Å². The topological polar surface area (TPSA) is 146 Å². The Balaban J connectivity index is 1.82. The number of nitrogens with one attached hydrogen (secondary N) is 4. The first-order valence-corrected chi connectivity index (χ1v) is 7.93. The van der Waals surface area contributed by atoms with Gasteiger partial charge in [-0.15, -0.1) is 0 Å². The van der Waals surface area contributed by atoms with Gasteiger partial charge in [-0.3, -0.25) is 19.5 Å². The van der Waals surface area contributed by atoms with Gasteiger partial charge < -0.3 is 21.4 Å². The Morgan fingerprint density at radius 1 is 1.24 bits per heavy atom. The Hall–Kier alpha value is -3.14. The molecule has 0 saturated carbocycles. The molecule has 0 aliphatic rings. The Morgan fingerprint density at radius 3 is 2.80 bits per heavy atom. The van der Waals surface area contributed by atoms with Crippen molar-refractivity contribution in [2.45, 2.75) is 0 Å². The van der Waals surface area contributed by atoms with Crippen molar-refractivity contribution >= 4 is 50.2 Å². The van der Waals surface area contributed by atoms with Crippen molar-refractivity contribution in [3.8, 4) is 0 Å². The van der Waals surface area contributed by atoms with Crippen molar-refractivity contribution in [2.24, 2.45) is 5.73 Å². The van der Waals surface area contributed by atoms with E-state index in [0.29, 0.717) is 5.56 Å². The van der Waals surface area contributed by atoms with Gasteiger partial charge in [0.15, 0.2) is 0 Å². The highest BCUT2D eigenvalue weighted by atomic mass is 79.9. The highest BCUT2D eigenvalue weighted by Crippen LogP contribution is 2.26. The van der Waals surface area contributed by atoms with E-state index in [1.54, 1.807) is 12.3 Å². The minimum Gasteiger partial charge on any atom is -0.368 e. The minimum absolute atomic E-state index is 0.0237. The number of fused-ring (bicyclic) bond motifs is 1. The number of H-pyrrole nitrogens is 2. The summed E-state index contributed by atoms with van der Waals surface area (Å²) in [7, 11) is 0. The first-order valence-electron chi connectivity index (χ1n) is 7.14. The highest BCUT2D eigenvalue weighted by molar-refractivity contribution is 9.10. The van der Waals surface area contributed by atoms with E-state index >= 15 is 0 Å². The van der Waals surface area contributed by atoms with E-state index in [0.717, 1.165) is 15.4 Å². The van der Waals surface area contributed by atoms with Crippen LogP contribution in [-0.4, -0.2) is 39.4 Å². The molecule has 2 aromatic heterocycles. The lowest BCUT2D eigenvalue weighted by Crippen LogP contribution is -2.34. The summed E-state index contributed by atoms with van der Waals surface area (Å²) < 4.78 is 0.832. The van der Waals surface area contributed by atoms with Gasteiger partial charge >= 0.3 is 0 Å². The Labute approximate surface area is 149 Å². The van der Waals surface area contributed by atoms with Crippen LogP contribution >= 0.6 is 15.9 Å². The van der Waals surface area contributed by atoms with Crippen molar-refractivity contribution in [1.82, 2.24) is 20.5 Å². The summed E-state index contributed by atoms with van der Waals surface area (Å²) in [5.41, 5.74) is 6.41. The average molecular weight is 405 g/mol. The number of hydrogen-bond donors (Lipinski definition) is 5. The fourth-order valence-electron chi connectivity index (χ4n) is 2.30. The number of para-hydroxylation sites is 1. The molecule has 9 nitrogen and oxygen atoms in total. The third kappa shape index (κ3) is 3.38. The van der Waals surface area contributed by atoms with Gasteiger partial charge in [0.05, 0.1) is 29.5 Å².